The quantitative estimate of drug-likeness (QED) is 0.872. The van der Waals surface area contributed by atoms with Crippen molar-refractivity contribution in [3.05, 3.63) is 18.2 Å². The first-order chi connectivity index (χ1) is 10.8. The molecule has 1 aliphatic rings. The van der Waals surface area contributed by atoms with Crippen LogP contribution in [0.2, 0.25) is 0 Å². The third-order valence-electron chi connectivity index (χ3n) is 4.18. The average molecular weight is 343 g/mol. The molecule has 23 heavy (non-hydrogen) atoms. The van der Waals surface area contributed by atoms with Gasteiger partial charge in [-0.1, -0.05) is 0 Å². The second-order valence-electron chi connectivity index (χ2n) is 5.49. The number of sulfonamides is 1. The minimum absolute atomic E-state index is 0.0339. The predicted molar refractivity (Wildman–Crippen MR) is 83.3 cm³/mol. The lowest BCUT2D eigenvalue weighted by Crippen LogP contribution is -2.48. The molecule has 1 N–H and O–H groups in total. The highest BCUT2D eigenvalue weighted by Crippen LogP contribution is 2.32. The smallest absolute Gasteiger partial charge is 0.308 e. The zero-order valence-corrected chi connectivity index (χ0v) is 14.2. The maximum atomic E-state index is 12.9. The molecule has 0 saturated carbocycles. The summed E-state index contributed by atoms with van der Waals surface area (Å²) in [7, 11) is -0.954. The number of aliphatic carboxylic acids is 1. The number of ether oxygens (including phenoxy) is 2. The third kappa shape index (κ3) is 3.42. The van der Waals surface area contributed by atoms with E-state index in [-0.39, 0.29) is 4.90 Å². The summed E-state index contributed by atoms with van der Waals surface area (Å²) in [5, 5.41) is 9.27. The van der Waals surface area contributed by atoms with E-state index in [1.807, 2.05) is 0 Å². The normalized spacial score (nSPS) is 22.6. The van der Waals surface area contributed by atoms with E-state index in [2.05, 4.69) is 0 Å². The number of nitrogens with zero attached hydrogens (tertiary/aromatic N) is 1. The fraction of sp³-hybridized carbons (Fsp3) is 0.533. The van der Waals surface area contributed by atoms with E-state index in [1.165, 1.54) is 30.7 Å². The van der Waals surface area contributed by atoms with Gasteiger partial charge in [0, 0.05) is 30.8 Å². The van der Waals surface area contributed by atoms with Crippen LogP contribution in [0.15, 0.2) is 23.1 Å². The van der Waals surface area contributed by atoms with Crippen LogP contribution in [-0.4, -0.2) is 50.6 Å². The van der Waals surface area contributed by atoms with Gasteiger partial charge in [0.15, 0.2) is 0 Å². The van der Waals surface area contributed by atoms with Crippen LogP contribution in [0.1, 0.15) is 19.8 Å². The molecule has 0 spiro atoms. The average Bonchev–Trinajstić information content (AvgIpc) is 2.53. The second kappa shape index (κ2) is 6.76. The fourth-order valence-corrected chi connectivity index (χ4v) is 4.60. The Morgan fingerprint density at radius 2 is 1.78 bits per heavy atom. The number of carbonyl (C=O) groups is 1. The van der Waals surface area contributed by atoms with Crippen LogP contribution in [0.3, 0.4) is 0 Å². The number of methoxy groups -OCH3 is 2. The van der Waals surface area contributed by atoms with Gasteiger partial charge in [0.1, 0.15) is 11.5 Å². The van der Waals surface area contributed by atoms with Gasteiger partial charge in [-0.3, -0.25) is 4.79 Å². The van der Waals surface area contributed by atoms with Crippen LogP contribution >= 0.6 is 0 Å². The Kier molecular flexibility index (Phi) is 5.16. The molecular weight excluding hydrogens is 322 g/mol. The van der Waals surface area contributed by atoms with Crippen molar-refractivity contribution in [1.82, 2.24) is 4.31 Å². The molecule has 8 heteroatoms. The molecule has 1 aliphatic heterocycles. The lowest BCUT2D eigenvalue weighted by molar-refractivity contribution is -0.144. The van der Waals surface area contributed by atoms with Crippen molar-refractivity contribution in [1.29, 1.82) is 0 Å². The lowest BCUT2D eigenvalue weighted by Gasteiger charge is -2.36. The van der Waals surface area contributed by atoms with Crippen molar-refractivity contribution in [3.63, 3.8) is 0 Å². The van der Waals surface area contributed by atoms with Gasteiger partial charge < -0.3 is 14.6 Å². The van der Waals surface area contributed by atoms with E-state index in [1.54, 1.807) is 13.0 Å². The van der Waals surface area contributed by atoms with Crippen LogP contribution in [0.4, 0.5) is 0 Å². The van der Waals surface area contributed by atoms with Gasteiger partial charge in [-0.25, -0.2) is 8.42 Å². The van der Waals surface area contributed by atoms with E-state index >= 15 is 0 Å². The van der Waals surface area contributed by atoms with Gasteiger partial charge in [0.25, 0.3) is 0 Å². The molecule has 2 rings (SSSR count). The van der Waals surface area contributed by atoms with Gasteiger partial charge in [0.2, 0.25) is 10.0 Å². The summed E-state index contributed by atoms with van der Waals surface area (Å²) >= 11 is 0. The maximum Gasteiger partial charge on any atom is 0.308 e. The summed E-state index contributed by atoms with van der Waals surface area (Å²) in [6, 6.07) is 3.80. The van der Waals surface area contributed by atoms with E-state index in [0.717, 1.165) is 0 Å². The minimum Gasteiger partial charge on any atom is -0.497 e. The van der Waals surface area contributed by atoms with Gasteiger partial charge >= 0.3 is 5.97 Å². The Labute approximate surface area is 135 Å². The predicted octanol–water partition coefficient (Wildman–Crippen LogP) is 1.58. The van der Waals surface area contributed by atoms with Crippen molar-refractivity contribution in [2.24, 2.45) is 5.92 Å². The monoisotopic (exact) mass is 343 g/mol. The van der Waals surface area contributed by atoms with Crippen molar-refractivity contribution >= 4 is 16.0 Å². The van der Waals surface area contributed by atoms with Gasteiger partial charge in [-0.05, 0) is 19.8 Å². The molecule has 1 aromatic carbocycles. The fourth-order valence-electron chi connectivity index (χ4n) is 2.85. The van der Waals surface area contributed by atoms with Gasteiger partial charge in [-0.15, -0.1) is 0 Å². The largest absolute Gasteiger partial charge is 0.497 e. The molecular formula is C15H21NO6S. The Bertz CT molecular complexity index is 665. The molecule has 1 saturated heterocycles. The number of hydrogen-bond donors (Lipinski definition) is 1. The van der Waals surface area contributed by atoms with Crippen molar-refractivity contribution in [3.8, 4) is 11.5 Å². The summed E-state index contributed by atoms with van der Waals surface area (Å²) in [4.78, 5) is 11.3. The van der Waals surface area contributed by atoms with E-state index in [9.17, 15) is 18.3 Å². The Morgan fingerprint density at radius 1 is 1.22 bits per heavy atom. The molecule has 7 nitrogen and oxygen atoms in total. The lowest BCUT2D eigenvalue weighted by atomic mass is 9.92. The second-order valence-corrected chi connectivity index (χ2v) is 7.38. The highest BCUT2D eigenvalue weighted by molar-refractivity contribution is 7.89. The highest BCUT2D eigenvalue weighted by Gasteiger charge is 2.39. The van der Waals surface area contributed by atoms with E-state index in [0.29, 0.717) is 30.9 Å². The summed E-state index contributed by atoms with van der Waals surface area (Å²) in [6.45, 7) is 1.93. The molecule has 0 bridgehead atoms. The van der Waals surface area contributed by atoms with Gasteiger partial charge in [-0.2, -0.15) is 4.31 Å². The molecule has 0 unspecified atom stereocenters. The maximum absolute atomic E-state index is 12.9. The molecule has 1 heterocycles. The third-order valence-corrected chi connectivity index (χ3v) is 6.14. The van der Waals surface area contributed by atoms with E-state index in [4.69, 9.17) is 9.47 Å². The van der Waals surface area contributed by atoms with Crippen LogP contribution in [-0.2, 0) is 14.8 Å². The Balaban J connectivity index is 2.43. The molecule has 2 atom stereocenters. The van der Waals surface area contributed by atoms with Crippen molar-refractivity contribution < 1.29 is 27.8 Å². The van der Waals surface area contributed by atoms with Crippen LogP contribution in [0.25, 0.3) is 0 Å². The number of carboxylic acids is 1. The summed E-state index contributed by atoms with van der Waals surface area (Å²) < 4.78 is 37.3. The van der Waals surface area contributed by atoms with Crippen molar-refractivity contribution in [2.45, 2.75) is 30.7 Å². The first-order valence-electron chi connectivity index (χ1n) is 7.29. The van der Waals surface area contributed by atoms with Gasteiger partial charge in [0.05, 0.1) is 25.0 Å². The summed E-state index contributed by atoms with van der Waals surface area (Å²) in [5.41, 5.74) is 0. The van der Waals surface area contributed by atoms with E-state index < -0.39 is 28.0 Å². The number of piperidine rings is 1. The first kappa shape index (κ1) is 17.6. The minimum atomic E-state index is -3.83. The Hall–Kier alpha value is -1.80. The van der Waals surface area contributed by atoms with Crippen LogP contribution in [0.5, 0.6) is 11.5 Å². The van der Waals surface area contributed by atoms with Crippen LogP contribution in [0, 0.1) is 5.92 Å². The standard InChI is InChI=1S/C15H21NO6S/c1-10-14(15(17)18)5-4-6-16(10)23(19,20)13-8-11(21-2)7-12(9-13)22-3/h7-10,14H,4-6H2,1-3H3,(H,17,18)/t10-,14-/m0/s1. The number of carboxylic acid groups (broad SMARTS) is 1. The molecule has 0 aromatic heterocycles. The number of benzene rings is 1. The zero-order valence-electron chi connectivity index (χ0n) is 13.4. The zero-order chi connectivity index (χ0) is 17.2. The van der Waals surface area contributed by atoms with Crippen molar-refractivity contribution in [2.75, 3.05) is 20.8 Å². The summed E-state index contributed by atoms with van der Waals surface area (Å²) in [5.74, 6) is -0.948. The first-order valence-corrected chi connectivity index (χ1v) is 8.73. The molecule has 0 radical (unpaired) electrons. The molecule has 1 fully saturated rings. The topological polar surface area (TPSA) is 93.1 Å². The molecule has 0 amide bonds. The number of rotatable bonds is 5. The SMILES string of the molecule is COc1cc(OC)cc(S(=O)(=O)N2CCC[C@H](C(=O)O)[C@@H]2C)c1. The number of hydrogen-bond acceptors (Lipinski definition) is 5. The molecule has 0 aliphatic carbocycles. The molecule has 128 valence electrons. The Morgan fingerprint density at radius 3 is 2.26 bits per heavy atom. The summed E-state index contributed by atoms with van der Waals surface area (Å²) in [6.07, 6.45) is 0.992. The molecule has 1 aromatic rings. The van der Waals surface area contributed by atoms with Crippen LogP contribution < -0.4 is 9.47 Å². The highest BCUT2D eigenvalue weighted by atomic mass is 32.2.